The molecule has 6 nitrogen and oxygen atoms in total. The monoisotopic (exact) mass is 465 g/mol. The molecule has 0 aliphatic carbocycles. The molecule has 152 valence electrons. The molecular formula is C23H20BrN3O3. The maximum Gasteiger partial charge on any atom is 0.344 e. The molecule has 0 aliphatic heterocycles. The number of halogens is 1. The van der Waals surface area contributed by atoms with Crippen LogP contribution in [0, 0.1) is 6.92 Å². The molecule has 3 rings (SSSR count). The van der Waals surface area contributed by atoms with Gasteiger partial charge in [-0.1, -0.05) is 30.3 Å². The number of nitrogens with one attached hydrogen (secondary N) is 2. The average molecular weight is 466 g/mol. The number of hydrazone groups is 1. The van der Waals surface area contributed by atoms with Gasteiger partial charge in [-0.15, -0.1) is 0 Å². The van der Waals surface area contributed by atoms with Gasteiger partial charge in [-0.2, -0.15) is 5.10 Å². The minimum atomic E-state index is -0.447. The summed E-state index contributed by atoms with van der Waals surface area (Å²) < 4.78 is 6.04. The van der Waals surface area contributed by atoms with Gasteiger partial charge in [-0.3, -0.25) is 4.79 Å². The normalized spacial score (nSPS) is 10.6. The molecule has 1 amide bonds. The molecule has 0 fully saturated rings. The second kappa shape index (κ2) is 10.4. The number of aryl methyl sites for hydroxylation is 1. The molecule has 0 radical (unpaired) electrons. The van der Waals surface area contributed by atoms with Crippen molar-refractivity contribution in [2.75, 3.05) is 11.9 Å². The Hall–Kier alpha value is -3.45. The standard InChI is InChI=1S/C23H20BrN3O3/c1-16-6-2-5-9-21(16)25-15-22(28)27-26-14-17-10-12-18(13-11-17)30-23(29)19-7-3-4-8-20(19)24/h2-14,25H,15H2,1H3,(H,27,28)/b26-14-. The summed E-state index contributed by atoms with van der Waals surface area (Å²) in [6, 6.07) is 21.6. The lowest BCUT2D eigenvalue weighted by Gasteiger charge is -2.08. The summed E-state index contributed by atoms with van der Waals surface area (Å²) in [6.45, 7) is 2.09. The summed E-state index contributed by atoms with van der Waals surface area (Å²) in [4.78, 5) is 24.1. The Bertz CT molecular complexity index is 1070. The van der Waals surface area contributed by atoms with Crippen molar-refractivity contribution in [3.63, 3.8) is 0 Å². The van der Waals surface area contributed by atoms with E-state index in [1.54, 1.807) is 42.5 Å². The summed E-state index contributed by atoms with van der Waals surface area (Å²) in [5.74, 6) is -0.287. The van der Waals surface area contributed by atoms with Gasteiger partial charge < -0.3 is 10.1 Å². The third-order valence-corrected chi connectivity index (χ3v) is 4.86. The SMILES string of the molecule is Cc1ccccc1NCC(=O)N/N=C\c1ccc(OC(=O)c2ccccc2Br)cc1. The molecule has 0 spiro atoms. The number of anilines is 1. The van der Waals surface area contributed by atoms with E-state index < -0.39 is 5.97 Å². The number of ether oxygens (including phenoxy) is 1. The number of rotatable bonds is 7. The lowest BCUT2D eigenvalue weighted by atomic mass is 10.2. The third kappa shape index (κ3) is 6.02. The van der Waals surface area contributed by atoms with Crippen molar-refractivity contribution in [3.05, 3.63) is 94.0 Å². The minimum absolute atomic E-state index is 0.117. The molecule has 2 N–H and O–H groups in total. The van der Waals surface area contributed by atoms with Crippen molar-refractivity contribution in [1.29, 1.82) is 0 Å². The molecule has 0 bridgehead atoms. The number of esters is 1. The first-order valence-corrected chi connectivity index (χ1v) is 10.0. The second-order valence-corrected chi connectivity index (χ2v) is 7.25. The topological polar surface area (TPSA) is 79.8 Å². The van der Waals surface area contributed by atoms with Crippen molar-refractivity contribution in [2.24, 2.45) is 5.10 Å². The highest BCUT2D eigenvalue weighted by Crippen LogP contribution is 2.19. The predicted octanol–water partition coefficient (Wildman–Crippen LogP) is 4.54. The van der Waals surface area contributed by atoms with E-state index in [0.29, 0.717) is 15.8 Å². The van der Waals surface area contributed by atoms with Crippen LogP contribution in [0.3, 0.4) is 0 Å². The summed E-state index contributed by atoms with van der Waals surface area (Å²) in [5, 5.41) is 7.01. The number of carbonyl (C=O) groups excluding carboxylic acids is 2. The van der Waals surface area contributed by atoms with Crippen molar-refractivity contribution in [2.45, 2.75) is 6.92 Å². The van der Waals surface area contributed by atoms with Crippen LogP contribution in [0.25, 0.3) is 0 Å². The van der Waals surface area contributed by atoms with Gasteiger partial charge in [-0.25, -0.2) is 10.2 Å². The molecular weight excluding hydrogens is 446 g/mol. The van der Waals surface area contributed by atoms with Crippen LogP contribution in [0.1, 0.15) is 21.5 Å². The minimum Gasteiger partial charge on any atom is -0.423 e. The molecule has 30 heavy (non-hydrogen) atoms. The first-order valence-electron chi connectivity index (χ1n) is 9.21. The van der Waals surface area contributed by atoms with Gasteiger partial charge in [0.15, 0.2) is 0 Å². The van der Waals surface area contributed by atoms with Gasteiger partial charge in [0, 0.05) is 10.2 Å². The molecule has 0 saturated carbocycles. The molecule has 0 atom stereocenters. The molecule has 0 heterocycles. The highest BCUT2D eigenvalue weighted by molar-refractivity contribution is 9.10. The summed E-state index contributed by atoms with van der Waals surface area (Å²) in [7, 11) is 0. The first kappa shape index (κ1) is 21.3. The maximum absolute atomic E-state index is 12.2. The molecule has 3 aromatic rings. The fourth-order valence-electron chi connectivity index (χ4n) is 2.58. The Morgan fingerprint density at radius 1 is 1.00 bits per heavy atom. The summed E-state index contributed by atoms with van der Waals surface area (Å²) in [6.07, 6.45) is 1.52. The van der Waals surface area contributed by atoms with Crippen LogP contribution in [0.15, 0.2) is 82.4 Å². The average Bonchev–Trinajstić information content (AvgIpc) is 2.74. The number of hydrogen-bond acceptors (Lipinski definition) is 5. The smallest absolute Gasteiger partial charge is 0.344 e. The first-order chi connectivity index (χ1) is 14.5. The fourth-order valence-corrected chi connectivity index (χ4v) is 3.02. The predicted molar refractivity (Wildman–Crippen MR) is 121 cm³/mol. The van der Waals surface area contributed by atoms with Gasteiger partial charge in [0.25, 0.3) is 5.91 Å². The second-order valence-electron chi connectivity index (χ2n) is 6.40. The zero-order valence-corrected chi connectivity index (χ0v) is 17.8. The van der Waals surface area contributed by atoms with Crippen LogP contribution in [0.5, 0.6) is 5.75 Å². The van der Waals surface area contributed by atoms with Gasteiger partial charge >= 0.3 is 5.97 Å². The Kier molecular flexibility index (Phi) is 7.34. The van der Waals surface area contributed by atoms with Crippen molar-refractivity contribution in [1.82, 2.24) is 5.43 Å². The number of nitrogens with zero attached hydrogens (tertiary/aromatic N) is 1. The quantitative estimate of drug-likeness (QED) is 0.232. The number of amides is 1. The van der Waals surface area contributed by atoms with Crippen molar-refractivity contribution >= 4 is 39.7 Å². The maximum atomic E-state index is 12.2. The number of hydrogen-bond donors (Lipinski definition) is 2. The fraction of sp³-hybridized carbons (Fsp3) is 0.0870. The van der Waals surface area contributed by atoms with Gasteiger partial charge in [0.1, 0.15) is 5.75 Å². The van der Waals surface area contributed by atoms with Gasteiger partial charge in [-0.05, 0) is 76.4 Å². The van der Waals surface area contributed by atoms with E-state index in [-0.39, 0.29) is 12.5 Å². The van der Waals surface area contributed by atoms with Crippen LogP contribution >= 0.6 is 15.9 Å². The lowest BCUT2D eigenvalue weighted by molar-refractivity contribution is -0.119. The summed E-state index contributed by atoms with van der Waals surface area (Å²) in [5.41, 5.74) is 5.65. The highest BCUT2D eigenvalue weighted by atomic mass is 79.9. The van der Waals surface area contributed by atoms with E-state index in [1.165, 1.54) is 6.21 Å². The van der Waals surface area contributed by atoms with Crippen molar-refractivity contribution in [3.8, 4) is 5.75 Å². The largest absolute Gasteiger partial charge is 0.423 e. The number of benzene rings is 3. The van der Waals surface area contributed by atoms with Crippen LogP contribution in [-0.2, 0) is 4.79 Å². The van der Waals surface area contributed by atoms with Crippen LogP contribution in [-0.4, -0.2) is 24.6 Å². The lowest BCUT2D eigenvalue weighted by Crippen LogP contribution is -2.26. The Labute approximate surface area is 183 Å². The Morgan fingerprint density at radius 3 is 2.43 bits per heavy atom. The molecule has 3 aromatic carbocycles. The Morgan fingerprint density at radius 2 is 1.70 bits per heavy atom. The molecule has 7 heteroatoms. The Balaban J connectivity index is 1.48. The number of para-hydroxylation sites is 1. The highest BCUT2D eigenvalue weighted by Gasteiger charge is 2.11. The van der Waals surface area contributed by atoms with Gasteiger partial charge in [0.2, 0.25) is 0 Å². The summed E-state index contributed by atoms with van der Waals surface area (Å²) >= 11 is 3.33. The van der Waals surface area contributed by atoms with Gasteiger partial charge in [0.05, 0.1) is 18.3 Å². The van der Waals surface area contributed by atoms with E-state index in [2.05, 4.69) is 31.8 Å². The van der Waals surface area contributed by atoms with E-state index in [1.807, 2.05) is 37.3 Å². The van der Waals surface area contributed by atoms with Crippen molar-refractivity contribution < 1.29 is 14.3 Å². The van der Waals surface area contributed by atoms with E-state index in [9.17, 15) is 9.59 Å². The molecule has 0 unspecified atom stereocenters. The molecule has 0 aromatic heterocycles. The van der Waals surface area contributed by atoms with E-state index >= 15 is 0 Å². The van der Waals surface area contributed by atoms with Crippen LogP contribution in [0.4, 0.5) is 5.69 Å². The number of carbonyl (C=O) groups is 2. The third-order valence-electron chi connectivity index (χ3n) is 4.17. The van der Waals surface area contributed by atoms with Crippen LogP contribution < -0.4 is 15.5 Å². The molecule has 0 saturated heterocycles. The van der Waals surface area contributed by atoms with Crippen LogP contribution in [0.2, 0.25) is 0 Å². The van der Waals surface area contributed by atoms with E-state index in [0.717, 1.165) is 16.8 Å². The zero-order chi connectivity index (χ0) is 21.3. The van der Waals surface area contributed by atoms with E-state index in [4.69, 9.17) is 4.74 Å². The molecule has 0 aliphatic rings. The zero-order valence-electron chi connectivity index (χ0n) is 16.3.